The van der Waals surface area contributed by atoms with Gasteiger partial charge < -0.3 is 19.6 Å². The molecule has 12 heteroatoms. The highest BCUT2D eigenvalue weighted by Gasteiger charge is 2.34. The Balaban J connectivity index is 1.53. The first kappa shape index (κ1) is 22.6. The molecule has 0 spiro atoms. The van der Waals surface area contributed by atoms with Crippen molar-refractivity contribution in [3.05, 3.63) is 88.5 Å². The molecule has 0 saturated carbocycles. The molecule has 2 amide bonds. The van der Waals surface area contributed by atoms with Crippen LogP contribution < -0.4 is 10.6 Å². The lowest BCUT2D eigenvalue weighted by Gasteiger charge is -2.16. The maximum atomic E-state index is 13.6. The van der Waals surface area contributed by atoms with Gasteiger partial charge in [-0.2, -0.15) is 13.2 Å². The highest BCUT2D eigenvalue weighted by atomic mass is 19.4. The molecule has 0 aliphatic heterocycles. The van der Waals surface area contributed by atoms with E-state index in [0.717, 1.165) is 6.07 Å². The van der Waals surface area contributed by atoms with Crippen LogP contribution in [0.15, 0.2) is 71.5 Å². The smallest absolute Gasteiger partial charge is 0.418 e. The first-order chi connectivity index (χ1) is 16.1. The first-order valence-electron chi connectivity index (χ1n) is 9.71. The van der Waals surface area contributed by atoms with Gasteiger partial charge >= 0.3 is 6.18 Å². The Morgan fingerprint density at radius 1 is 1.06 bits per heavy atom. The molecule has 0 aliphatic carbocycles. The van der Waals surface area contributed by atoms with Crippen LogP contribution in [0.4, 0.5) is 30.2 Å². The second-order valence-electron chi connectivity index (χ2n) is 7.18. The summed E-state index contributed by atoms with van der Waals surface area (Å²) in [5.41, 5.74) is -1.38. The van der Waals surface area contributed by atoms with E-state index in [0.29, 0.717) is 17.0 Å². The molecular weight excluding hydrogens is 457 g/mol. The minimum atomic E-state index is -4.81. The summed E-state index contributed by atoms with van der Waals surface area (Å²) in [7, 11) is 0. The molecule has 0 saturated heterocycles. The second-order valence-corrected chi connectivity index (χ2v) is 7.18. The van der Waals surface area contributed by atoms with Gasteiger partial charge in [-0.25, -0.2) is 0 Å². The zero-order chi connectivity index (χ0) is 24.5. The Bertz CT molecular complexity index is 1390. The van der Waals surface area contributed by atoms with E-state index in [4.69, 9.17) is 4.42 Å². The Hall–Kier alpha value is -4.61. The van der Waals surface area contributed by atoms with Gasteiger partial charge in [0, 0.05) is 34.9 Å². The standard InChI is InChI=1S/C22H15F3N4O5/c23-22(24,25)16-11-14(26-21(31)19-2-1-9-34-19)3-5-17(16)27-20(30)12-28-8-7-13-10-15(29(32)33)4-6-18(13)28/h1-11H,12H2,(H,26,31)(H,27,30). The number of furan rings is 1. The number of carbonyl (C=O) groups is 2. The molecule has 2 N–H and O–H groups in total. The van der Waals surface area contributed by atoms with Crippen molar-refractivity contribution >= 4 is 39.8 Å². The molecule has 0 radical (unpaired) electrons. The monoisotopic (exact) mass is 472 g/mol. The predicted octanol–water partition coefficient (Wildman–Crippen LogP) is 5.05. The molecule has 2 aromatic carbocycles. The number of non-ortho nitro benzene ring substituents is 1. The number of benzene rings is 2. The Kier molecular flexibility index (Phi) is 5.80. The number of hydrogen-bond acceptors (Lipinski definition) is 5. The zero-order valence-electron chi connectivity index (χ0n) is 17.1. The number of halogens is 3. The molecule has 0 bridgehead atoms. The molecule has 0 unspecified atom stereocenters. The molecule has 9 nitrogen and oxygen atoms in total. The molecule has 0 atom stereocenters. The predicted molar refractivity (Wildman–Crippen MR) is 115 cm³/mol. The average Bonchev–Trinajstić information content (AvgIpc) is 3.44. The van der Waals surface area contributed by atoms with Crippen molar-refractivity contribution in [1.82, 2.24) is 4.57 Å². The van der Waals surface area contributed by atoms with Gasteiger partial charge in [0.1, 0.15) is 6.54 Å². The van der Waals surface area contributed by atoms with Crippen molar-refractivity contribution < 1.29 is 32.1 Å². The fourth-order valence-electron chi connectivity index (χ4n) is 3.35. The lowest BCUT2D eigenvalue weighted by Crippen LogP contribution is -2.21. The summed E-state index contributed by atoms with van der Waals surface area (Å²) in [6.45, 7) is -0.324. The number of fused-ring (bicyclic) bond motifs is 1. The number of rotatable bonds is 6. The summed E-state index contributed by atoms with van der Waals surface area (Å²) < 4.78 is 47.3. The van der Waals surface area contributed by atoms with Crippen LogP contribution in [-0.4, -0.2) is 21.3 Å². The van der Waals surface area contributed by atoms with Gasteiger partial charge in [-0.1, -0.05) is 0 Å². The van der Waals surface area contributed by atoms with E-state index >= 15 is 0 Å². The zero-order valence-corrected chi connectivity index (χ0v) is 17.1. The van der Waals surface area contributed by atoms with Crippen molar-refractivity contribution in [1.29, 1.82) is 0 Å². The molecule has 4 aromatic rings. The summed E-state index contributed by atoms with van der Waals surface area (Å²) in [5.74, 6) is -1.54. The van der Waals surface area contributed by atoms with Crippen LogP contribution in [-0.2, 0) is 17.5 Å². The van der Waals surface area contributed by atoms with Crippen molar-refractivity contribution in [2.75, 3.05) is 10.6 Å². The van der Waals surface area contributed by atoms with Crippen LogP contribution in [0.2, 0.25) is 0 Å². The summed E-state index contributed by atoms with van der Waals surface area (Å²) in [6.07, 6.45) is -2.05. The number of nitro benzene ring substituents is 1. The number of nitro groups is 1. The van der Waals surface area contributed by atoms with E-state index < -0.39 is 34.2 Å². The summed E-state index contributed by atoms with van der Waals surface area (Å²) in [6, 6.07) is 11.4. The minimum Gasteiger partial charge on any atom is -0.459 e. The van der Waals surface area contributed by atoms with Crippen LogP contribution in [0.5, 0.6) is 0 Å². The van der Waals surface area contributed by atoms with Gasteiger partial charge in [0.05, 0.1) is 22.4 Å². The molecule has 174 valence electrons. The number of carbonyl (C=O) groups excluding carboxylic acids is 2. The number of hydrogen-bond donors (Lipinski definition) is 2. The van der Waals surface area contributed by atoms with Gasteiger partial charge in [0.25, 0.3) is 11.6 Å². The van der Waals surface area contributed by atoms with E-state index in [-0.39, 0.29) is 23.7 Å². The Morgan fingerprint density at radius 2 is 1.85 bits per heavy atom. The normalized spacial score (nSPS) is 11.4. The topological polar surface area (TPSA) is 119 Å². The maximum absolute atomic E-state index is 13.6. The molecule has 2 aromatic heterocycles. The molecule has 0 fully saturated rings. The van der Waals surface area contributed by atoms with Crippen molar-refractivity contribution in [2.24, 2.45) is 0 Å². The lowest BCUT2D eigenvalue weighted by atomic mass is 10.1. The van der Waals surface area contributed by atoms with Gasteiger partial charge in [0.2, 0.25) is 5.91 Å². The highest BCUT2D eigenvalue weighted by molar-refractivity contribution is 6.02. The van der Waals surface area contributed by atoms with E-state index in [2.05, 4.69) is 10.6 Å². The van der Waals surface area contributed by atoms with Crippen LogP contribution in [0.1, 0.15) is 16.1 Å². The molecule has 2 heterocycles. The summed E-state index contributed by atoms with van der Waals surface area (Å²) in [5, 5.41) is 16.0. The number of alkyl halides is 3. The number of aromatic nitrogens is 1. The third-order valence-corrected chi connectivity index (χ3v) is 4.88. The van der Waals surface area contributed by atoms with Gasteiger partial charge in [-0.3, -0.25) is 19.7 Å². The SMILES string of the molecule is O=C(Cn1ccc2cc([N+](=O)[O-])ccc21)Nc1ccc(NC(=O)c2ccco2)cc1C(F)(F)F. The number of amides is 2. The van der Waals surface area contributed by atoms with Crippen LogP contribution in [0, 0.1) is 10.1 Å². The van der Waals surface area contributed by atoms with E-state index in [1.165, 1.54) is 53.4 Å². The first-order valence-corrected chi connectivity index (χ1v) is 9.71. The lowest BCUT2D eigenvalue weighted by molar-refractivity contribution is -0.384. The summed E-state index contributed by atoms with van der Waals surface area (Å²) >= 11 is 0. The molecule has 0 aliphatic rings. The number of nitrogens with zero attached hydrogens (tertiary/aromatic N) is 2. The molecular formula is C22H15F3N4O5. The number of nitrogens with one attached hydrogen (secondary N) is 2. The van der Waals surface area contributed by atoms with Crippen LogP contribution in [0.25, 0.3) is 10.9 Å². The number of anilines is 2. The third-order valence-electron chi connectivity index (χ3n) is 4.88. The highest BCUT2D eigenvalue weighted by Crippen LogP contribution is 2.37. The van der Waals surface area contributed by atoms with E-state index in [9.17, 15) is 32.9 Å². The van der Waals surface area contributed by atoms with Gasteiger partial charge in [-0.05, 0) is 42.5 Å². The van der Waals surface area contributed by atoms with Gasteiger partial charge in [0.15, 0.2) is 5.76 Å². The largest absolute Gasteiger partial charge is 0.459 e. The van der Waals surface area contributed by atoms with Crippen molar-refractivity contribution in [3.63, 3.8) is 0 Å². The van der Waals surface area contributed by atoms with Crippen molar-refractivity contribution in [2.45, 2.75) is 12.7 Å². The van der Waals surface area contributed by atoms with Crippen LogP contribution in [0.3, 0.4) is 0 Å². The Labute approximate surface area is 188 Å². The second kappa shape index (κ2) is 8.73. The fraction of sp³-hybridized carbons (Fsp3) is 0.0909. The third kappa shape index (κ3) is 4.75. The minimum absolute atomic E-state index is 0.0739. The van der Waals surface area contributed by atoms with Gasteiger partial charge in [-0.15, -0.1) is 0 Å². The van der Waals surface area contributed by atoms with Crippen molar-refractivity contribution in [3.8, 4) is 0 Å². The van der Waals surface area contributed by atoms with E-state index in [1.807, 2.05) is 0 Å². The van der Waals surface area contributed by atoms with E-state index in [1.54, 1.807) is 6.07 Å². The quantitative estimate of drug-likeness (QED) is 0.301. The molecule has 34 heavy (non-hydrogen) atoms. The summed E-state index contributed by atoms with van der Waals surface area (Å²) in [4.78, 5) is 34.9. The average molecular weight is 472 g/mol. The maximum Gasteiger partial charge on any atom is 0.418 e. The van der Waals surface area contributed by atoms with Crippen LogP contribution >= 0.6 is 0 Å². The fourth-order valence-corrected chi connectivity index (χ4v) is 3.35. The Morgan fingerprint density at radius 3 is 2.53 bits per heavy atom. The molecule has 4 rings (SSSR count).